The Labute approximate surface area is 142 Å². The molecule has 0 bridgehead atoms. The summed E-state index contributed by atoms with van der Waals surface area (Å²) in [6, 6.07) is 6.37. The molecule has 1 heterocycles. The second kappa shape index (κ2) is 9.44. The van der Waals surface area contributed by atoms with E-state index in [9.17, 15) is 9.18 Å². The number of carbonyl (C=O) groups excluding carboxylic acids is 1. The molecule has 7 heteroatoms. The Morgan fingerprint density at radius 3 is 2.54 bits per heavy atom. The van der Waals surface area contributed by atoms with Gasteiger partial charge in [-0.2, -0.15) is 0 Å². The molecule has 1 aromatic carbocycles. The van der Waals surface area contributed by atoms with Gasteiger partial charge in [-0.25, -0.2) is 9.18 Å². The molecule has 6 nitrogen and oxygen atoms in total. The van der Waals surface area contributed by atoms with Gasteiger partial charge in [0, 0.05) is 57.6 Å². The van der Waals surface area contributed by atoms with Crippen LogP contribution in [0.2, 0.25) is 0 Å². The number of piperazine rings is 1. The van der Waals surface area contributed by atoms with Crippen molar-refractivity contribution in [2.24, 2.45) is 0 Å². The highest BCUT2D eigenvalue weighted by Crippen LogP contribution is 2.16. The molecule has 2 amide bonds. The number of amides is 2. The maximum absolute atomic E-state index is 13.0. The molecule has 0 saturated carbocycles. The monoisotopic (exact) mass is 338 g/mol. The molecule has 0 aliphatic carbocycles. The lowest BCUT2D eigenvalue weighted by Gasteiger charge is -2.36. The molecule has 2 rings (SSSR count). The van der Waals surface area contributed by atoms with Crippen molar-refractivity contribution in [1.29, 1.82) is 0 Å². The summed E-state index contributed by atoms with van der Waals surface area (Å²) < 4.78 is 13.0. The van der Waals surface area contributed by atoms with Crippen LogP contribution >= 0.6 is 0 Å². The van der Waals surface area contributed by atoms with Crippen molar-refractivity contribution in [1.82, 2.24) is 15.5 Å². The maximum Gasteiger partial charge on any atom is 0.315 e. The van der Waals surface area contributed by atoms with E-state index in [0.29, 0.717) is 13.0 Å². The van der Waals surface area contributed by atoms with E-state index in [0.717, 1.165) is 38.4 Å². The van der Waals surface area contributed by atoms with Crippen molar-refractivity contribution >= 4 is 11.7 Å². The number of nitrogens with zero attached hydrogens (tertiary/aromatic N) is 2. The zero-order chi connectivity index (χ0) is 17.4. The first kappa shape index (κ1) is 18.5. The quantitative estimate of drug-likeness (QED) is 0.694. The molecule has 1 aliphatic heterocycles. The molecule has 0 aromatic heterocycles. The summed E-state index contributed by atoms with van der Waals surface area (Å²) in [6.45, 7) is 6.96. The van der Waals surface area contributed by atoms with Crippen molar-refractivity contribution in [3.05, 3.63) is 30.1 Å². The third-order valence-corrected chi connectivity index (χ3v) is 4.22. The molecule has 0 unspecified atom stereocenters. The smallest absolute Gasteiger partial charge is 0.315 e. The SMILES string of the molecule is C[C@H](CCO)NC(=O)NCCN1CCN(c2ccc(F)cc2)CC1. The lowest BCUT2D eigenvalue weighted by molar-refractivity contribution is 0.224. The fourth-order valence-corrected chi connectivity index (χ4v) is 2.75. The van der Waals surface area contributed by atoms with Crippen LogP contribution in [0, 0.1) is 5.82 Å². The van der Waals surface area contributed by atoms with Gasteiger partial charge in [0.05, 0.1) is 0 Å². The normalized spacial score (nSPS) is 16.7. The second-order valence-corrected chi connectivity index (χ2v) is 6.12. The van der Waals surface area contributed by atoms with E-state index in [2.05, 4.69) is 20.4 Å². The Hall–Kier alpha value is -1.86. The molecule has 134 valence electrons. The summed E-state index contributed by atoms with van der Waals surface area (Å²) in [4.78, 5) is 16.2. The van der Waals surface area contributed by atoms with E-state index in [1.54, 1.807) is 0 Å². The minimum atomic E-state index is -0.213. The Morgan fingerprint density at radius 2 is 1.92 bits per heavy atom. The highest BCUT2D eigenvalue weighted by Gasteiger charge is 2.17. The molecule has 24 heavy (non-hydrogen) atoms. The minimum absolute atomic E-state index is 0.0331. The molecule has 1 aromatic rings. The number of anilines is 1. The molecule has 0 radical (unpaired) electrons. The van der Waals surface area contributed by atoms with Gasteiger partial charge < -0.3 is 20.6 Å². The highest BCUT2D eigenvalue weighted by atomic mass is 19.1. The Kier molecular flexibility index (Phi) is 7.27. The largest absolute Gasteiger partial charge is 0.396 e. The zero-order valence-electron chi connectivity index (χ0n) is 14.2. The fraction of sp³-hybridized carbons (Fsp3) is 0.588. The molecular weight excluding hydrogens is 311 g/mol. The van der Waals surface area contributed by atoms with Crippen LogP contribution in [0.5, 0.6) is 0 Å². The summed E-state index contributed by atoms with van der Waals surface area (Å²) >= 11 is 0. The summed E-state index contributed by atoms with van der Waals surface area (Å²) in [6.07, 6.45) is 0.554. The molecular formula is C17H27FN4O2. The van der Waals surface area contributed by atoms with Gasteiger partial charge in [0.1, 0.15) is 5.82 Å². The summed E-state index contributed by atoms with van der Waals surface area (Å²) in [7, 11) is 0. The van der Waals surface area contributed by atoms with Crippen molar-refractivity contribution in [2.45, 2.75) is 19.4 Å². The number of nitrogens with one attached hydrogen (secondary N) is 2. The van der Waals surface area contributed by atoms with Crippen LogP contribution in [0.1, 0.15) is 13.3 Å². The lowest BCUT2D eigenvalue weighted by atomic mass is 10.2. The predicted molar refractivity (Wildman–Crippen MR) is 92.8 cm³/mol. The van der Waals surface area contributed by atoms with Gasteiger partial charge in [-0.05, 0) is 37.6 Å². The van der Waals surface area contributed by atoms with Gasteiger partial charge in [0.25, 0.3) is 0 Å². The average molecular weight is 338 g/mol. The van der Waals surface area contributed by atoms with Crippen LogP contribution in [0.4, 0.5) is 14.9 Å². The van der Waals surface area contributed by atoms with Crippen LogP contribution in [-0.4, -0.2) is 68.0 Å². The third kappa shape index (κ3) is 5.98. The first-order valence-corrected chi connectivity index (χ1v) is 8.46. The number of hydrogen-bond donors (Lipinski definition) is 3. The molecule has 1 aliphatic rings. The van der Waals surface area contributed by atoms with E-state index >= 15 is 0 Å². The first-order valence-electron chi connectivity index (χ1n) is 8.46. The van der Waals surface area contributed by atoms with E-state index in [4.69, 9.17) is 5.11 Å². The van der Waals surface area contributed by atoms with E-state index in [1.165, 1.54) is 12.1 Å². The Balaban J connectivity index is 1.63. The van der Waals surface area contributed by atoms with Gasteiger partial charge in [0.15, 0.2) is 0 Å². The number of aliphatic hydroxyl groups is 1. The van der Waals surface area contributed by atoms with Crippen LogP contribution in [0.25, 0.3) is 0 Å². The highest BCUT2D eigenvalue weighted by molar-refractivity contribution is 5.74. The van der Waals surface area contributed by atoms with E-state index in [1.807, 2.05) is 19.1 Å². The molecule has 3 N–H and O–H groups in total. The Morgan fingerprint density at radius 1 is 1.25 bits per heavy atom. The van der Waals surface area contributed by atoms with Crippen LogP contribution in [-0.2, 0) is 0 Å². The first-order chi connectivity index (χ1) is 11.6. The van der Waals surface area contributed by atoms with Gasteiger partial charge in [-0.3, -0.25) is 4.90 Å². The van der Waals surface area contributed by atoms with Crippen LogP contribution in [0.15, 0.2) is 24.3 Å². The standard InChI is InChI=1S/C17H27FN4O2/c1-14(6-13-23)20-17(24)19-7-8-21-9-11-22(12-10-21)16-4-2-15(18)3-5-16/h2-5,14,23H,6-13H2,1H3,(H2,19,20,24)/t14-/m1/s1. The summed E-state index contributed by atoms with van der Waals surface area (Å²) in [5.41, 5.74) is 1.05. The number of rotatable bonds is 7. The van der Waals surface area contributed by atoms with E-state index < -0.39 is 0 Å². The van der Waals surface area contributed by atoms with Crippen molar-refractivity contribution in [3.8, 4) is 0 Å². The number of halogens is 1. The molecule has 1 fully saturated rings. The maximum atomic E-state index is 13.0. The lowest BCUT2D eigenvalue weighted by Crippen LogP contribution is -2.49. The molecule has 0 spiro atoms. The second-order valence-electron chi connectivity index (χ2n) is 6.12. The topological polar surface area (TPSA) is 67.8 Å². The fourth-order valence-electron chi connectivity index (χ4n) is 2.75. The number of urea groups is 1. The molecule has 1 saturated heterocycles. The molecule has 1 atom stereocenters. The van der Waals surface area contributed by atoms with Crippen LogP contribution < -0.4 is 15.5 Å². The van der Waals surface area contributed by atoms with Gasteiger partial charge >= 0.3 is 6.03 Å². The van der Waals surface area contributed by atoms with Gasteiger partial charge in [0.2, 0.25) is 0 Å². The number of benzene rings is 1. The number of hydrogen-bond acceptors (Lipinski definition) is 4. The van der Waals surface area contributed by atoms with Crippen LogP contribution in [0.3, 0.4) is 0 Å². The van der Waals surface area contributed by atoms with Crippen molar-refractivity contribution in [2.75, 3.05) is 50.8 Å². The Bertz CT molecular complexity index is 504. The van der Waals surface area contributed by atoms with Gasteiger partial charge in [-0.15, -0.1) is 0 Å². The van der Waals surface area contributed by atoms with Crippen molar-refractivity contribution < 1.29 is 14.3 Å². The number of carbonyl (C=O) groups is 1. The summed E-state index contributed by atoms with van der Waals surface area (Å²) in [5, 5.41) is 14.4. The third-order valence-electron chi connectivity index (χ3n) is 4.22. The number of aliphatic hydroxyl groups excluding tert-OH is 1. The average Bonchev–Trinajstić information content (AvgIpc) is 2.56. The summed E-state index contributed by atoms with van der Waals surface area (Å²) in [5.74, 6) is -0.213. The minimum Gasteiger partial charge on any atom is -0.396 e. The predicted octanol–water partition coefficient (Wildman–Crippen LogP) is 1.02. The van der Waals surface area contributed by atoms with Gasteiger partial charge in [-0.1, -0.05) is 0 Å². The van der Waals surface area contributed by atoms with E-state index in [-0.39, 0.29) is 24.5 Å². The van der Waals surface area contributed by atoms with Crippen molar-refractivity contribution in [3.63, 3.8) is 0 Å². The zero-order valence-corrected chi connectivity index (χ0v) is 14.2.